The van der Waals surface area contributed by atoms with Crippen molar-refractivity contribution in [3.05, 3.63) is 23.8 Å². The fourth-order valence-electron chi connectivity index (χ4n) is 2.00. The van der Waals surface area contributed by atoms with Gasteiger partial charge >= 0.3 is 0 Å². The Hall–Kier alpha value is -1.11. The number of sulfonamides is 1. The summed E-state index contributed by atoms with van der Waals surface area (Å²) < 4.78 is 33.5. The molecule has 2 N–H and O–H groups in total. The van der Waals surface area contributed by atoms with Gasteiger partial charge in [-0.05, 0) is 43.5 Å². The molecule has 1 aliphatic rings. The van der Waals surface area contributed by atoms with Crippen LogP contribution in [0.5, 0.6) is 5.75 Å². The molecule has 1 atom stereocenters. The zero-order valence-electron chi connectivity index (χ0n) is 10.3. The van der Waals surface area contributed by atoms with E-state index in [9.17, 15) is 8.42 Å². The maximum absolute atomic E-state index is 11.2. The van der Waals surface area contributed by atoms with E-state index in [1.165, 1.54) is 6.07 Å². The van der Waals surface area contributed by atoms with E-state index in [1.807, 2.05) is 0 Å². The Morgan fingerprint density at radius 3 is 2.83 bits per heavy atom. The molecule has 0 amide bonds. The lowest BCUT2D eigenvalue weighted by molar-refractivity contribution is 0.0679. The third-order valence-corrected chi connectivity index (χ3v) is 3.98. The van der Waals surface area contributed by atoms with Crippen molar-refractivity contribution >= 4 is 10.0 Å². The van der Waals surface area contributed by atoms with Crippen molar-refractivity contribution < 1.29 is 17.9 Å². The standard InChI is InChI=1S/C12H17NO4S/c1-9-7-10(4-5-12(9)18(13,14)15)17-8-11-3-2-6-16-11/h4-5,7,11H,2-3,6,8H2,1H3,(H2,13,14,15)/t11-/m1/s1. The van der Waals surface area contributed by atoms with Crippen molar-refractivity contribution in [3.63, 3.8) is 0 Å². The molecule has 1 aromatic carbocycles. The molecule has 0 aliphatic carbocycles. The summed E-state index contributed by atoms with van der Waals surface area (Å²) in [6.07, 6.45) is 2.22. The van der Waals surface area contributed by atoms with Crippen LogP contribution in [0.4, 0.5) is 0 Å². The highest BCUT2D eigenvalue weighted by molar-refractivity contribution is 7.89. The van der Waals surface area contributed by atoms with Crippen molar-refractivity contribution in [2.75, 3.05) is 13.2 Å². The summed E-state index contributed by atoms with van der Waals surface area (Å²) in [7, 11) is -3.66. The number of hydrogen-bond acceptors (Lipinski definition) is 4. The molecular weight excluding hydrogens is 254 g/mol. The monoisotopic (exact) mass is 271 g/mol. The first-order chi connectivity index (χ1) is 8.47. The molecule has 0 saturated carbocycles. The van der Waals surface area contributed by atoms with Crippen LogP contribution in [0, 0.1) is 6.92 Å². The van der Waals surface area contributed by atoms with Crippen LogP contribution in [0.3, 0.4) is 0 Å². The largest absolute Gasteiger partial charge is 0.491 e. The molecule has 1 aromatic rings. The number of aryl methyl sites for hydroxylation is 1. The molecule has 6 heteroatoms. The van der Waals surface area contributed by atoms with Gasteiger partial charge < -0.3 is 9.47 Å². The highest BCUT2D eigenvalue weighted by Crippen LogP contribution is 2.21. The molecule has 0 radical (unpaired) electrons. The van der Waals surface area contributed by atoms with E-state index in [-0.39, 0.29) is 11.0 Å². The molecule has 0 unspecified atom stereocenters. The summed E-state index contributed by atoms with van der Waals surface area (Å²) in [4.78, 5) is 0.131. The molecule has 100 valence electrons. The molecule has 1 aliphatic heterocycles. The first-order valence-electron chi connectivity index (χ1n) is 5.84. The number of nitrogens with two attached hydrogens (primary N) is 1. The minimum absolute atomic E-state index is 0.131. The van der Waals surface area contributed by atoms with Gasteiger partial charge in [-0.1, -0.05) is 0 Å². The van der Waals surface area contributed by atoms with E-state index < -0.39 is 10.0 Å². The van der Waals surface area contributed by atoms with E-state index >= 15 is 0 Å². The van der Waals surface area contributed by atoms with E-state index in [1.54, 1.807) is 19.1 Å². The average molecular weight is 271 g/mol. The Morgan fingerprint density at radius 2 is 2.28 bits per heavy atom. The summed E-state index contributed by atoms with van der Waals surface area (Å²) >= 11 is 0. The molecule has 1 heterocycles. The molecule has 1 fully saturated rings. The highest BCUT2D eigenvalue weighted by atomic mass is 32.2. The Kier molecular flexibility index (Phi) is 3.89. The summed E-state index contributed by atoms with van der Waals surface area (Å²) in [6, 6.07) is 4.76. The zero-order chi connectivity index (χ0) is 13.2. The third kappa shape index (κ3) is 3.22. The van der Waals surface area contributed by atoms with Crippen molar-refractivity contribution in [3.8, 4) is 5.75 Å². The maximum atomic E-state index is 11.2. The molecule has 1 saturated heterocycles. The molecule has 2 rings (SSSR count). The van der Waals surface area contributed by atoms with Gasteiger partial charge in [-0.3, -0.25) is 0 Å². The first kappa shape index (κ1) is 13.3. The van der Waals surface area contributed by atoms with Crippen molar-refractivity contribution in [2.24, 2.45) is 5.14 Å². The minimum Gasteiger partial charge on any atom is -0.491 e. The second kappa shape index (κ2) is 5.26. The van der Waals surface area contributed by atoms with Gasteiger partial charge in [0.2, 0.25) is 10.0 Å². The molecule has 0 aromatic heterocycles. The van der Waals surface area contributed by atoms with Crippen LogP contribution in [0.15, 0.2) is 23.1 Å². The second-order valence-corrected chi connectivity index (χ2v) is 5.95. The van der Waals surface area contributed by atoms with Gasteiger partial charge in [0.25, 0.3) is 0 Å². The summed E-state index contributed by atoms with van der Waals surface area (Å²) in [5.74, 6) is 0.635. The normalized spacial score (nSPS) is 20.0. The van der Waals surface area contributed by atoms with Crippen molar-refractivity contribution in [1.29, 1.82) is 0 Å². The molecule has 5 nitrogen and oxygen atoms in total. The van der Waals surface area contributed by atoms with E-state index in [0.717, 1.165) is 19.4 Å². The zero-order valence-corrected chi connectivity index (χ0v) is 11.1. The summed E-state index contributed by atoms with van der Waals surface area (Å²) in [5.41, 5.74) is 0.586. The lowest BCUT2D eigenvalue weighted by Crippen LogP contribution is -2.17. The predicted molar refractivity (Wildman–Crippen MR) is 67.0 cm³/mol. The number of benzene rings is 1. The van der Waals surface area contributed by atoms with E-state index in [4.69, 9.17) is 14.6 Å². The van der Waals surface area contributed by atoms with Crippen LogP contribution < -0.4 is 9.88 Å². The Morgan fingerprint density at radius 1 is 1.50 bits per heavy atom. The number of ether oxygens (including phenoxy) is 2. The SMILES string of the molecule is Cc1cc(OC[C@H]2CCCO2)ccc1S(N)(=O)=O. The lowest BCUT2D eigenvalue weighted by atomic mass is 10.2. The fourth-order valence-corrected chi connectivity index (χ4v) is 2.76. The van der Waals surface area contributed by atoms with Crippen LogP contribution in [0.2, 0.25) is 0 Å². The lowest BCUT2D eigenvalue weighted by Gasteiger charge is -2.12. The third-order valence-electron chi connectivity index (χ3n) is 2.91. The van der Waals surface area contributed by atoms with Crippen LogP contribution in [0.25, 0.3) is 0 Å². The van der Waals surface area contributed by atoms with Crippen molar-refractivity contribution in [2.45, 2.75) is 30.8 Å². The van der Waals surface area contributed by atoms with Gasteiger partial charge in [0.1, 0.15) is 12.4 Å². The van der Waals surface area contributed by atoms with E-state index in [0.29, 0.717) is 17.9 Å². The van der Waals surface area contributed by atoms with Crippen LogP contribution >= 0.6 is 0 Å². The Balaban J connectivity index is 2.04. The summed E-state index contributed by atoms with van der Waals surface area (Å²) in [6.45, 7) is 2.98. The number of primary sulfonamides is 1. The number of rotatable bonds is 4. The predicted octanol–water partition coefficient (Wildman–Crippen LogP) is 1.20. The van der Waals surface area contributed by atoms with E-state index in [2.05, 4.69) is 0 Å². The second-order valence-electron chi connectivity index (χ2n) is 4.42. The van der Waals surface area contributed by atoms with Crippen LogP contribution in [-0.4, -0.2) is 27.7 Å². The molecule has 0 bridgehead atoms. The minimum atomic E-state index is -3.66. The van der Waals surface area contributed by atoms with Crippen LogP contribution in [0.1, 0.15) is 18.4 Å². The van der Waals surface area contributed by atoms with Gasteiger partial charge in [-0.2, -0.15) is 0 Å². The van der Waals surface area contributed by atoms with Gasteiger partial charge in [-0.25, -0.2) is 13.6 Å². The quantitative estimate of drug-likeness (QED) is 0.892. The van der Waals surface area contributed by atoms with Crippen molar-refractivity contribution in [1.82, 2.24) is 0 Å². The topological polar surface area (TPSA) is 78.6 Å². The van der Waals surface area contributed by atoms with Gasteiger partial charge in [-0.15, -0.1) is 0 Å². The Labute approximate surface area is 107 Å². The van der Waals surface area contributed by atoms with Gasteiger partial charge in [0.15, 0.2) is 0 Å². The highest BCUT2D eigenvalue weighted by Gasteiger charge is 2.17. The molecular formula is C12H17NO4S. The smallest absolute Gasteiger partial charge is 0.238 e. The maximum Gasteiger partial charge on any atom is 0.238 e. The molecule has 18 heavy (non-hydrogen) atoms. The first-order valence-corrected chi connectivity index (χ1v) is 7.39. The van der Waals surface area contributed by atoms with Crippen LogP contribution in [-0.2, 0) is 14.8 Å². The summed E-state index contributed by atoms with van der Waals surface area (Å²) in [5, 5.41) is 5.09. The Bertz CT molecular complexity index is 521. The van der Waals surface area contributed by atoms with Gasteiger partial charge in [0.05, 0.1) is 11.0 Å². The average Bonchev–Trinajstić information content (AvgIpc) is 2.77. The number of hydrogen-bond donors (Lipinski definition) is 1. The van der Waals surface area contributed by atoms with Gasteiger partial charge in [0, 0.05) is 6.61 Å². The molecule has 0 spiro atoms. The fraction of sp³-hybridized carbons (Fsp3) is 0.500.